The van der Waals surface area contributed by atoms with Gasteiger partial charge in [0.1, 0.15) is 0 Å². The minimum atomic E-state index is 0.255. The Morgan fingerprint density at radius 1 is 1.40 bits per heavy atom. The quantitative estimate of drug-likeness (QED) is 0.536. The zero-order valence-corrected chi connectivity index (χ0v) is 9.11. The largest absolute Gasteiger partial charge is 0.388 e. The van der Waals surface area contributed by atoms with Crippen molar-refractivity contribution in [2.45, 2.75) is 12.8 Å². The van der Waals surface area contributed by atoms with Gasteiger partial charge in [-0.25, -0.2) is 0 Å². The molecule has 4 heteroatoms. The number of hydrogen-bond acceptors (Lipinski definition) is 3. The van der Waals surface area contributed by atoms with Gasteiger partial charge in [-0.1, -0.05) is 0 Å². The van der Waals surface area contributed by atoms with Gasteiger partial charge < -0.3 is 10.6 Å². The van der Waals surface area contributed by atoms with Crippen LogP contribution in [0.5, 0.6) is 0 Å². The molecule has 82 valence electrons. The normalized spacial score (nSPS) is 10.5. The first kappa shape index (κ1) is 11.7. The Morgan fingerprint density at radius 3 is 2.67 bits per heavy atom. The number of rotatable bonds is 6. The second-order valence-electron chi connectivity index (χ2n) is 3.68. The minimum absolute atomic E-state index is 0.255. The van der Waals surface area contributed by atoms with Gasteiger partial charge in [0.15, 0.2) is 0 Å². The molecule has 0 saturated carbocycles. The summed E-state index contributed by atoms with van der Waals surface area (Å²) in [5.74, 6) is 0.255. The topological polar surface area (TPSA) is 66.0 Å². The number of hydrogen-bond donors (Lipinski definition) is 2. The maximum Gasteiger partial charge on any atom is 0.0918 e. The van der Waals surface area contributed by atoms with Crippen LogP contribution in [0.1, 0.15) is 12.0 Å². The molecule has 0 aliphatic heterocycles. The first-order chi connectivity index (χ1) is 7.18. The molecule has 1 heterocycles. The standard InChI is InChI=1S/C11H18N4/c1-15(9-5-11(12)13)8-4-10-2-6-14-7-3-10/h2-3,6-7H,4-5,8-9H2,1H3,(H3,12,13). The molecule has 15 heavy (non-hydrogen) atoms. The number of nitrogens with two attached hydrogens (primary N) is 1. The Morgan fingerprint density at radius 2 is 2.07 bits per heavy atom. The lowest BCUT2D eigenvalue weighted by atomic mass is 10.2. The summed E-state index contributed by atoms with van der Waals surface area (Å²) in [4.78, 5) is 6.16. The predicted molar refractivity (Wildman–Crippen MR) is 62.0 cm³/mol. The van der Waals surface area contributed by atoms with Crippen LogP contribution >= 0.6 is 0 Å². The molecule has 0 spiro atoms. The summed E-state index contributed by atoms with van der Waals surface area (Å²) in [6, 6.07) is 4.05. The van der Waals surface area contributed by atoms with Crippen molar-refractivity contribution in [1.82, 2.24) is 9.88 Å². The number of aromatic nitrogens is 1. The summed E-state index contributed by atoms with van der Waals surface area (Å²) in [6.45, 7) is 1.83. The summed E-state index contributed by atoms with van der Waals surface area (Å²) in [6.07, 6.45) is 5.28. The van der Waals surface area contributed by atoms with Crippen LogP contribution in [0.4, 0.5) is 0 Å². The van der Waals surface area contributed by atoms with Gasteiger partial charge in [-0.3, -0.25) is 10.4 Å². The van der Waals surface area contributed by atoms with Crippen LogP contribution in [0, 0.1) is 5.41 Å². The highest BCUT2D eigenvalue weighted by molar-refractivity contribution is 5.76. The van der Waals surface area contributed by atoms with Gasteiger partial charge in [0, 0.05) is 31.9 Å². The number of pyridine rings is 1. The Labute approximate surface area is 90.6 Å². The fourth-order valence-electron chi connectivity index (χ4n) is 1.29. The Kier molecular flexibility index (Phi) is 4.77. The van der Waals surface area contributed by atoms with E-state index in [9.17, 15) is 0 Å². The molecule has 0 unspecified atom stereocenters. The second-order valence-corrected chi connectivity index (χ2v) is 3.68. The molecule has 0 bridgehead atoms. The average molecular weight is 206 g/mol. The fraction of sp³-hybridized carbons (Fsp3) is 0.455. The van der Waals surface area contributed by atoms with E-state index in [0.29, 0.717) is 6.42 Å². The van der Waals surface area contributed by atoms with E-state index in [2.05, 4.69) is 9.88 Å². The molecule has 0 aliphatic rings. The Balaban J connectivity index is 2.22. The zero-order valence-electron chi connectivity index (χ0n) is 9.11. The van der Waals surface area contributed by atoms with Crippen molar-refractivity contribution in [3.8, 4) is 0 Å². The SMILES string of the molecule is CN(CCC(=N)N)CCc1ccncc1. The molecule has 1 rings (SSSR count). The molecule has 0 aliphatic carbocycles. The number of nitrogens with zero attached hydrogens (tertiary/aromatic N) is 2. The molecule has 1 aromatic rings. The number of amidine groups is 1. The molecule has 1 aromatic heterocycles. The number of nitrogens with one attached hydrogen (secondary N) is 1. The van der Waals surface area contributed by atoms with Crippen LogP contribution < -0.4 is 5.73 Å². The fourth-order valence-corrected chi connectivity index (χ4v) is 1.29. The van der Waals surface area contributed by atoms with Crippen molar-refractivity contribution < 1.29 is 0 Å². The van der Waals surface area contributed by atoms with Gasteiger partial charge in [0.2, 0.25) is 0 Å². The third kappa shape index (κ3) is 5.12. The van der Waals surface area contributed by atoms with E-state index in [1.54, 1.807) is 0 Å². The molecule has 0 radical (unpaired) electrons. The van der Waals surface area contributed by atoms with E-state index in [4.69, 9.17) is 11.1 Å². The summed E-state index contributed by atoms with van der Waals surface area (Å²) < 4.78 is 0. The lowest BCUT2D eigenvalue weighted by Gasteiger charge is -2.15. The van der Waals surface area contributed by atoms with Gasteiger partial charge in [-0.15, -0.1) is 0 Å². The van der Waals surface area contributed by atoms with E-state index >= 15 is 0 Å². The maximum atomic E-state index is 7.13. The summed E-state index contributed by atoms with van der Waals surface area (Å²) in [7, 11) is 2.05. The Hall–Kier alpha value is -1.42. The smallest absolute Gasteiger partial charge is 0.0918 e. The predicted octanol–water partition coefficient (Wildman–Crippen LogP) is 0.882. The molecule has 0 fully saturated rings. The van der Waals surface area contributed by atoms with E-state index in [1.807, 2.05) is 31.6 Å². The van der Waals surface area contributed by atoms with E-state index in [-0.39, 0.29) is 5.84 Å². The average Bonchev–Trinajstić information content (AvgIpc) is 2.25. The van der Waals surface area contributed by atoms with Crippen molar-refractivity contribution in [1.29, 1.82) is 5.41 Å². The summed E-state index contributed by atoms with van der Waals surface area (Å²) >= 11 is 0. The van der Waals surface area contributed by atoms with Crippen molar-refractivity contribution in [3.63, 3.8) is 0 Å². The molecular weight excluding hydrogens is 188 g/mol. The van der Waals surface area contributed by atoms with Crippen molar-refractivity contribution in [3.05, 3.63) is 30.1 Å². The lowest BCUT2D eigenvalue weighted by Crippen LogP contribution is -2.26. The highest BCUT2D eigenvalue weighted by Gasteiger charge is 1.99. The van der Waals surface area contributed by atoms with E-state index in [1.165, 1.54) is 5.56 Å². The summed E-state index contributed by atoms with van der Waals surface area (Å²) in [5, 5.41) is 7.13. The van der Waals surface area contributed by atoms with E-state index < -0.39 is 0 Å². The molecule has 0 amide bonds. The first-order valence-electron chi connectivity index (χ1n) is 5.09. The Bertz CT molecular complexity index is 297. The molecule has 0 saturated heterocycles. The molecule has 3 N–H and O–H groups in total. The van der Waals surface area contributed by atoms with Gasteiger partial charge in [-0.2, -0.15) is 0 Å². The van der Waals surface area contributed by atoms with Crippen LogP contribution in [0.3, 0.4) is 0 Å². The van der Waals surface area contributed by atoms with Gasteiger partial charge in [0.25, 0.3) is 0 Å². The highest BCUT2D eigenvalue weighted by atomic mass is 15.1. The maximum absolute atomic E-state index is 7.13. The highest BCUT2D eigenvalue weighted by Crippen LogP contribution is 1.99. The second kappa shape index (κ2) is 6.14. The van der Waals surface area contributed by atoms with E-state index in [0.717, 1.165) is 19.5 Å². The van der Waals surface area contributed by atoms with Crippen LogP contribution in [0.2, 0.25) is 0 Å². The minimum Gasteiger partial charge on any atom is -0.388 e. The lowest BCUT2D eigenvalue weighted by molar-refractivity contribution is 0.348. The zero-order chi connectivity index (χ0) is 11.1. The van der Waals surface area contributed by atoms with Crippen molar-refractivity contribution in [2.75, 3.05) is 20.1 Å². The van der Waals surface area contributed by atoms with Gasteiger partial charge in [0.05, 0.1) is 5.84 Å². The van der Waals surface area contributed by atoms with Crippen LogP contribution in [0.25, 0.3) is 0 Å². The third-order valence-corrected chi connectivity index (χ3v) is 2.29. The van der Waals surface area contributed by atoms with Gasteiger partial charge in [-0.05, 0) is 31.2 Å². The molecular formula is C11H18N4. The van der Waals surface area contributed by atoms with Gasteiger partial charge >= 0.3 is 0 Å². The summed E-state index contributed by atoms with van der Waals surface area (Å²) in [5.41, 5.74) is 6.59. The van der Waals surface area contributed by atoms with Crippen molar-refractivity contribution >= 4 is 5.84 Å². The molecule has 0 atom stereocenters. The van der Waals surface area contributed by atoms with Crippen LogP contribution in [-0.4, -0.2) is 35.9 Å². The third-order valence-electron chi connectivity index (χ3n) is 2.29. The molecule has 0 aromatic carbocycles. The van der Waals surface area contributed by atoms with Crippen LogP contribution in [-0.2, 0) is 6.42 Å². The van der Waals surface area contributed by atoms with Crippen LogP contribution in [0.15, 0.2) is 24.5 Å². The first-order valence-corrected chi connectivity index (χ1v) is 5.09. The van der Waals surface area contributed by atoms with Crippen molar-refractivity contribution in [2.24, 2.45) is 5.73 Å². The monoisotopic (exact) mass is 206 g/mol. The number of likely N-dealkylation sites (N-methyl/N-ethyl adjacent to an activating group) is 1. The molecule has 4 nitrogen and oxygen atoms in total.